The van der Waals surface area contributed by atoms with Gasteiger partial charge in [0.2, 0.25) is 0 Å². The van der Waals surface area contributed by atoms with Gasteiger partial charge >= 0.3 is 35.8 Å². The van der Waals surface area contributed by atoms with E-state index in [0.29, 0.717) is 53.8 Å². The Morgan fingerprint density at radius 2 is 0.364 bits per heavy atom. The standard InChI is InChI=1S/C84H102O15/c1-4-7-10-13-16-19-22-25-28-31-58-91-70-42-34-64(35-43-70)79(85)94-73-48-40-67(41-49-73)82(88)99-78-62-68(83(89)97-76-54-50-74(51-55-76)95-80(86)65-36-44-71(45-37-65)92-59-32-29-26-23-20-17-14-11-8-5-2)61-69(63-78)84(90)98-77-56-52-75(53-57-77)96-81(87)66-38-46-72(47-39-66)93-60-33-30-27-24-21-18-15-12-9-6-3/h34-57,61-63H,4-33,58-60H2,1-3H3. The summed E-state index contributed by atoms with van der Waals surface area (Å²) in [4.78, 5) is 81.0. The molecule has 0 saturated heterocycles. The van der Waals surface area contributed by atoms with E-state index < -0.39 is 35.8 Å². The van der Waals surface area contributed by atoms with Gasteiger partial charge in [0, 0.05) is 0 Å². The first-order valence-corrected chi connectivity index (χ1v) is 36.4. The predicted molar refractivity (Wildman–Crippen MR) is 387 cm³/mol. The fraction of sp³-hybridized carbons (Fsp3) is 0.429. The van der Waals surface area contributed by atoms with Crippen LogP contribution in [0.25, 0.3) is 0 Å². The molecule has 0 amide bonds. The van der Waals surface area contributed by atoms with Crippen LogP contribution in [0.1, 0.15) is 276 Å². The number of unbranched alkanes of at least 4 members (excludes halogenated alkanes) is 27. The normalized spacial score (nSPS) is 10.9. The Morgan fingerprint density at radius 1 is 0.192 bits per heavy atom. The molecule has 0 aliphatic carbocycles. The average molecular weight is 1350 g/mol. The lowest BCUT2D eigenvalue weighted by atomic mass is 10.1. The van der Waals surface area contributed by atoms with Gasteiger partial charge in [0.1, 0.15) is 51.7 Å². The van der Waals surface area contributed by atoms with Gasteiger partial charge in [0.05, 0.1) is 53.2 Å². The molecular weight excluding hydrogens is 1250 g/mol. The van der Waals surface area contributed by atoms with Crippen molar-refractivity contribution in [1.82, 2.24) is 0 Å². The van der Waals surface area contributed by atoms with Crippen LogP contribution in [0.5, 0.6) is 51.7 Å². The van der Waals surface area contributed by atoms with E-state index >= 15 is 0 Å². The van der Waals surface area contributed by atoms with Gasteiger partial charge < -0.3 is 42.6 Å². The second kappa shape index (κ2) is 45.4. The summed E-state index contributed by atoms with van der Waals surface area (Å²) in [5, 5.41) is 0. The van der Waals surface area contributed by atoms with Gasteiger partial charge in [0.15, 0.2) is 0 Å². The Morgan fingerprint density at radius 3 is 0.586 bits per heavy atom. The fourth-order valence-corrected chi connectivity index (χ4v) is 11.1. The van der Waals surface area contributed by atoms with Gasteiger partial charge in [-0.05, 0) is 183 Å². The third-order valence-corrected chi connectivity index (χ3v) is 16.9. The molecule has 7 aromatic carbocycles. The first kappa shape index (κ1) is 77.1. The lowest BCUT2D eigenvalue weighted by Gasteiger charge is -2.12. The van der Waals surface area contributed by atoms with Gasteiger partial charge in [0.25, 0.3) is 0 Å². The van der Waals surface area contributed by atoms with E-state index in [4.69, 9.17) is 42.6 Å². The summed E-state index contributed by atoms with van der Waals surface area (Å²) >= 11 is 0. The molecule has 0 spiro atoms. The van der Waals surface area contributed by atoms with Crippen molar-refractivity contribution < 1.29 is 71.4 Å². The molecule has 0 aromatic heterocycles. The average Bonchev–Trinajstić information content (AvgIpc) is 0.835. The Bertz CT molecular complexity index is 3330. The quantitative estimate of drug-likeness (QED) is 0.0199. The molecule has 99 heavy (non-hydrogen) atoms. The summed E-state index contributed by atoms with van der Waals surface area (Å²) in [5.74, 6) is -2.08. The molecule has 7 aromatic rings. The molecule has 0 atom stereocenters. The van der Waals surface area contributed by atoms with E-state index in [0.717, 1.165) is 38.5 Å². The van der Waals surface area contributed by atoms with Crippen molar-refractivity contribution in [2.45, 2.75) is 213 Å². The molecule has 0 aliphatic rings. The minimum atomic E-state index is -0.933. The number of esters is 6. The van der Waals surface area contributed by atoms with Crippen LogP contribution in [0.4, 0.5) is 0 Å². The molecule has 0 unspecified atom stereocenters. The molecule has 0 heterocycles. The minimum absolute atomic E-state index is 0.0547. The monoisotopic (exact) mass is 1350 g/mol. The largest absolute Gasteiger partial charge is 0.494 e. The third-order valence-electron chi connectivity index (χ3n) is 16.9. The Hall–Kier alpha value is -9.24. The highest BCUT2D eigenvalue weighted by Gasteiger charge is 2.21. The van der Waals surface area contributed by atoms with E-state index in [1.807, 2.05) is 0 Å². The van der Waals surface area contributed by atoms with Crippen LogP contribution in [-0.2, 0) is 0 Å². The van der Waals surface area contributed by atoms with Crippen molar-refractivity contribution in [3.8, 4) is 51.7 Å². The van der Waals surface area contributed by atoms with Gasteiger partial charge in [-0.2, -0.15) is 0 Å². The number of benzene rings is 7. The maximum absolute atomic E-state index is 13.9. The van der Waals surface area contributed by atoms with E-state index in [9.17, 15) is 28.8 Å². The van der Waals surface area contributed by atoms with Crippen LogP contribution in [0, 0.1) is 0 Å². The van der Waals surface area contributed by atoms with Crippen molar-refractivity contribution in [1.29, 1.82) is 0 Å². The number of hydrogen-bond acceptors (Lipinski definition) is 15. The van der Waals surface area contributed by atoms with Crippen LogP contribution >= 0.6 is 0 Å². The fourth-order valence-electron chi connectivity index (χ4n) is 11.1. The second-order valence-corrected chi connectivity index (χ2v) is 25.2. The highest BCUT2D eigenvalue weighted by atomic mass is 16.6. The van der Waals surface area contributed by atoms with Crippen LogP contribution < -0.4 is 42.6 Å². The van der Waals surface area contributed by atoms with Crippen molar-refractivity contribution in [2.75, 3.05) is 19.8 Å². The molecule has 15 heteroatoms. The smallest absolute Gasteiger partial charge is 0.343 e. The topological polar surface area (TPSA) is 185 Å². The molecule has 15 nitrogen and oxygen atoms in total. The second-order valence-electron chi connectivity index (χ2n) is 25.2. The Kier molecular flexibility index (Phi) is 35.3. The summed E-state index contributed by atoms with van der Waals surface area (Å²) in [5.41, 5.74) is 0.621. The van der Waals surface area contributed by atoms with Crippen LogP contribution in [0.3, 0.4) is 0 Å². The molecule has 528 valence electrons. The van der Waals surface area contributed by atoms with Crippen molar-refractivity contribution in [2.24, 2.45) is 0 Å². The predicted octanol–water partition coefficient (Wildman–Crippen LogP) is 21.9. The van der Waals surface area contributed by atoms with Crippen molar-refractivity contribution in [3.63, 3.8) is 0 Å². The minimum Gasteiger partial charge on any atom is -0.494 e. The van der Waals surface area contributed by atoms with E-state index in [-0.39, 0.29) is 51.2 Å². The molecule has 0 radical (unpaired) electrons. The first-order chi connectivity index (χ1) is 48.5. The molecule has 0 bridgehead atoms. The number of carbonyl (C=O) groups is 6. The zero-order chi connectivity index (χ0) is 69.9. The number of carbonyl (C=O) groups excluding carboxylic acids is 6. The maximum atomic E-state index is 13.9. The Balaban J connectivity index is 0.924. The van der Waals surface area contributed by atoms with E-state index in [1.54, 1.807) is 72.8 Å². The van der Waals surface area contributed by atoms with Crippen LogP contribution in [0.15, 0.2) is 164 Å². The summed E-state index contributed by atoms with van der Waals surface area (Å²) in [6.45, 7) is 8.50. The number of ether oxygens (including phenoxy) is 9. The summed E-state index contributed by atoms with van der Waals surface area (Å²) in [6, 6.07) is 41.2. The maximum Gasteiger partial charge on any atom is 0.343 e. The summed E-state index contributed by atoms with van der Waals surface area (Å²) in [6.07, 6.45) is 37.1. The number of hydrogen-bond donors (Lipinski definition) is 0. The van der Waals surface area contributed by atoms with Crippen LogP contribution in [0.2, 0.25) is 0 Å². The summed E-state index contributed by atoms with van der Waals surface area (Å²) < 4.78 is 51.8. The third kappa shape index (κ3) is 29.8. The summed E-state index contributed by atoms with van der Waals surface area (Å²) in [7, 11) is 0. The molecule has 0 fully saturated rings. The Labute approximate surface area is 586 Å². The molecule has 0 aliphatic heterocycles. The van der Waals surface area contributed by atoms with Gasteiger partial charge in [-0.1, -0.05) is 194 Å². The molecular formula is C84H102O15. The highest BCUT2D eigenvalue weighted by molar-refractivity contribution is 5.99. The van der Waals surface area contributed by atoms with E-state index in [1.165, 1.54) is 245 Å². The van der Waals surface area contributed by atoms with Crippen molar-refractivity contribution in [3.05, 3.63) is 197 Å². The van der Waals surface area contributed by atoms with Crippen LogP contribution in [-0.4, -0.2) is 55.6 Å². The lowest BCUT2D eigenvalue weighted by molar-refractivity contribution is 0.0703. The first-order valence-electron chi connectivity index (χ1n) is 36.4. The zero-order valence-electron chi connectivity index (χ0n) is 58.5. The lowest BCUT2D eigenvalue weighted by Crippen LogP contribution is -2.15. The van der Waals surface area contributed by atoms with Crippen molar-refractivity contribution >= 4 is 35.8 Å². The molecule has 7 rings (SSSR count). The zero-order valence-corrected chi connectivity index (χ0v) is 58.5. The molecule has 0 saturated carbocycles. The van der Waals surface area contributed by atoms with Gasteiger partial charge in [-0.15, -0.1) is 0 Å². The number of rotatable bonds is 48. The van der Waals surface area contributed by atoms with E-state index in [2.05, 4.69) is 20.8 Å². The SMILES string of the molecule is CCCCCCCCCCCCOc1ccc(C(=O)Oc2ccc(OC(=O)c3cc(OC(=O)c4ccc(OC(=O)c5ccc(OCCCCCCCCCCCC)cc5)cc4)cc(C(=O)Oc4ccc(OC(=O)c5ccc(OCCCCCCCCCCCC)cc5)cc4)c3)cc2)cc1. The van der Waals surface area contributed by atoms with Gasteiger partial charge in [-0.3, -0.25) is 0 Å². The molecule has 0 N–H and O–H groups in total. The van der Waals surface area contributed by atoms with Gasteiger partial charge in [-0.25, -0.2) is 28.8 Å². The highest BCUT2D eigenvalue weighted by Crippen LogP contribution is 2.28.